The van der Waals surface area contributed by atoms with Crippen molar-refractivity contribution >= 4 is 76.1 Å². The van der Waals surface area contributed by atoms with Crippen LogP contribution in [-0.2, 0) is 48.8 Å². The molecule has 0 atom stereocenters. The third kappa shape index (κ3) is 19.4. The van der Waals surface area contributed by atoms with Crippen LogP contribution in [0.5, 0.6) is 11.5 Å². The fraction of sp³-hybridized carbons (Fsp3) is 0.169. The number of sulfonamides is 3. The van der Waals surface area contributed by atoms with E-state index in [1.165, 1.54) is 140 Å². The molecule has 3 aromatic heterocycles. The Balaban J connectivity index is 0.000000198. The van der Waals surface area contributed by atoms with Crippen molar-refractivity contribution < 1.29 is 85.4 Å². The average molecular weight is 1360 g/mol. The first-order chi connectivity index (χ1) is 43.7. The Morgan fingerprint density at radius 3 is 1.14 bits per heavy atom. The molecule has 6 aromatic carbocycles. The van der Waals surface area contributed by atoms with Crippen LogP contribution in [0.2, 0.25) is 5.02 Å². The summed E-state index contributed by atoms with van der Waals surface area (Å²) in [7, 11) is -12.3. The molecule has 0 unspecified atom stereocenters. The summed E-state index contributed by atoms with van der Waals surface area (Å²) < 4.78 is 175. The van der Waals surface area contributed by atoms with Crippen molar-refractivity contribution in [2.75, 3.05) is 14.2 Å². The average Bonchev–Trinajstić information content (AvgIpc) is 0.911. The van der Waals surface area contributed by atoms with Gasteiger partial charge in [-0.2, -0.15) is 26.3 Å². The third-order valence-corrected chi connectivity index (χ3v) is 17.3. The predicted octanol–water partition coefficient (Wildman–Crippen LogP) is 13.7. The van der Waals surface area contributed by atoms with Crippen molar-refractivity contribution in [2.24, 2.45) is 0 Å². The van der Waals surface area contributed by atoms with Gasteiger partial charge in [0.25, 0.3) is 30.1 Å². The number of ketones is 3. The highest BCUT2D eigenvalue weighted by atomic mass is 35.5. The zero-order chi connectivity index (χ0) is 68.1. The van der Waals surface area contributed by atoms with E-state index < -0.39 is 82.0 Å². The quantitative estimate of drug-likeness (QED) is 0.0226. The van der Waals surface area contributed by atoms with E-state index >= 15 is 0 Å². The van der Waals surface area contributed by atoms with Crippen molar-refractivity contribution in [3.05, 3.63) is 256 Å². The summed E-state index contributed by atoms with van der Waals surface area (Å²) in [6.07, 6.45) is -0.00649. The van der Waals surface area contributed by atoms with Crippen molar-refractivity contribution in [3.63, 3.8) is 0 Å². The maximum Gasteiger partial charge on any atom is 0.416 e. The van der Waals surface area contributed by atoms with Gasteiger partial charge >= 0.3 is 12.4 Å². The van der Waals surface area contributed by atoms with E-state index in [-0.39, 0.29) is 71.2 Å². The Morgan fingerprint density at radius 2 is 0.806 bits per heavy atom. The van der Waals surface area contributed by atoms with E-state index in [4.69, 9.17) is 21.1 Å². The van der Waals surface area contributed by atoms with E-state index in [0.717, 1.165) is 41.3 Å². The molecule has 93 heavy (non-hydrogen) atoms. The third-order valence-electron chi connectivity index (χ3n) is 12.9. The SMILES string of the molecule is CC(C)Oc1ccc(S(=O)(=O)Nc2ccc(C(F)(F)F)cc2C(=O)c2ccncc2)cc1.CC(C)Oc1ccc(S(=O)(=O)Nc2ccc(Cl)cc2C(=O)c2cc[n+](O)cc2)cc1.CCCc1ccc(S(=O)(=O)Nc2ccc(C(F)(F)F)cc2C(=O)c2ccncc2)cc1. The smallest absolute Gasteiger partial charge is 0.416 e. The Bertz CT molecular complexity index is 4460. The molecule has 486 valence electrons. The summed E-state index contributed by atoms with van der Waals surface area (Å²) >= 11 is 6.03. The lowest BCUT2D eigenvalue weighted by atomic mass is 10.00. The second kappa shape index (κ2) is 30.2. The maximum absolute atomic E-state index is 13.2. The molecule has 0 aliphatic rings. The van der Waals surface area contributed by atoms with Gasteiger partial charge in [0, 0.05) is 80.1 Å². The minimum atomic E-state index is -4.71. The van der Waals surface area contributed by atoms with Crippen LogP contribution < -0.4 is 28.4 Å². The lowest BCUT2D eigenvalue weighted by molar-refractivity contribution is -0.904. The predicted molar refractivity (Wildman–Crippen MR) is 334 cm³/mol. The van der Waals surface area contributed by atoms with E-state index in [0.29, 0.717) is 29.7 Å². The summed E-state index contributed by atoms with van der Waals surface area (Å²) in [5, 5.41) is 9.62. The van der Waals surface area contributed by atoms with Crippen molar-refractivity contribution in [1.29, 1.82) is 0 Å². The second-order valence-electron chi connectivity index (χ2n) is 20.6. The van der Waals surface area contributed by atoms with E-state index in [9.17, 15) is 71.2 Å². The zero-order valence-electron chi connectivity index (χ0n) is 49.8. The molecule has 28 heteroatoms. The summed E-state index contributed by atoms with van der Waals surface area (Å²) in [6, 6.07) is 34.7. The number of ether oxygens (including phenoxy) is 2. The Morgan fingerprint density at radius 1 is 0.484 bits per heavy atom. The van der Waals surface area contributed by atoms with Crippen molar-refractivity contribution in [2.45, 2.75) is 86.7 Å². The van der Waals surface area contributed by atoms with Crippen LogP contribution in [0, 0.1) is 0 Å². The van der Waals surface area contributed by atoms with Crippen LogP contribution >= 0.6 is 11.6 Å². The Labute approximate surface area is 537 Å². The molecule has 0 saturated carbocycles. The van der Waals surface area contributed by atoms with Crippen LogP contribution in [0.4, 0.5) is 43.4 Å². The molecular weight excluding hydrogens is 1300 g/mol. The molecule has 18 nitrogen and oxygen atoms in total. The summed E-state index contributed by atoms with van der Waals surface area (Å²) in [6.45, 7) is 9.38. The van der Waals surface area contributed by atoms with Gasteiger partial charge < -0.3 is 9.47 Å². The van der Waals surface area contributed by atoms with E-state index in [2.05, 4.69) is 24.1 Å². The minimum absolute atomic E-state index is 0.0213. The monoisotopic (exact) mass is 1360 g/mol. The number of carbonyl (C=O) groups is 3. The molecule has 3 heterocycles. The van der Waals surface area contributed by atoms with Gasteiger partial charge in [-0.15, -0.1) is 0 Å². The number of aromatic nitrogens is 3. The molecule has 0 bridgehead atoms. The molecule has 0 saturated heterocycles. The largest absolute Gasteiger partial charge is 0.491 e. The molecule has 4 N–H and O–H groups in total. The van der Waals surface area contributed by atoms with Crippen LogP contribution in [0.25, 0.3) is 0 Å². The van der Waals surface area contributed by atoms with E-state index in [1.54, 1.807) is 24.3 Å². The standard InChI is InChI=1S/C22H19F3N2O4S.C22H19F3N2O3S.C21H19ClN2O5S/c1-14(2)31-17-4-6-18(7-5-17)32(29,30)27-20-8-3-16(22(23,24)25)13-19(20)21(28)15-9-11-26-12-10-15;1-2-3-15-4-7-18(8-5-15)31(29,30)27-20-9-6-17(22(23,24)25)14-19(20)21(28)16-10-12-26-13-11-16;1-14(2)29-17-4-6-18(7-5-17)30(27,28)23-20-8-3-16(22)13-19(20)21(25)15-9-11-24(26)12-10-15/h3-14,27H,1-2H3;4-14,27H,2-3H2,1H3;3-14H,1-2H3,(H-,23,25,26)/p+1. The Kier molecular flexibility index (Phi) is 22.9. The number of hydrogen-bond donors (Lipinski definition) is 4. The normalized spacial score (nSPS) is 11.7. The van der Waals surface area contributed by atoms with Gasteiger partial charge in [-0.05, 0) is 179 Å². The van der Waals surface area contributed by atoms with Gasteiger partial charge in [-0.25, -0.2) is 25.3 Å². The van der Waals surface area contributed by atoms with Gasteiger partial charge in [0.15, 0.2) is 17.3 Å². The molecule has 9 aromatic rings. The van der Waals surface area contributed by atoms with Crippen molar-refractivity contribution in [1.82, 2.24) is 9.97 Å². The molecular formula is C65H58ClF6N6O12S3+. The number of pyridine rings is 3. The molecule has 0 radical (unpaired) electrons. The van der Waals surface area contributed by atoms with Crippen LogP contribution in [0.15, 0.2) is 216 Å². The van der Waals surface area contributed by atoms with Gasteiger partial charge in [-0.3, -0.25) is 43.7 Å². The highest BCUT2D eigenvalue weighted by Crippen LogP contribution is 2.36. The summed E-state index contributed by atoms with van der Waals surface area (Å²) in [4.78, 5) is 46.0. The number of aryl methyl sites for hydroxylation is 1. The molecule has 0 fully saturated rings. The number of carbonyl (C=O) groups excluding carboxylic acids is 3. The second-order valence-corrected chi connectivity index (χ2v) is 26.1. The molecule has 9 rings (SSSR count). The molecule has 0 spiro atoms. The minimum Gasteiger partial charge on any atom is -0.491 e. The first kappa shape index (κ1) is 70.8. The first-order valence-corrected chi connectivity index (χ1v) is 32.6. The number of benzene rings is 6. The number of hydrogen-bond acceptors (Lipinski definition) is 14. The topological polar surface area (TPSA) is 258 Å². The number of alkyl halides is 6. The number of rotatable bonds is 21. The number of anilines is 3. The number of nitrogens with one attached hydrogen (secondary N) is 3. The fourth-order valence-corrected chi connectivity index (χ4v) is 11.9. The van der Waals surface area contributed by atoms with Gasteiger partial charge in [0.1, 0.15) is 11.5 Å². The summed E-state index contributed by atoms with van der Waals surface area (Å²) in [5.74, 6) is -0.976. The lowest BCUT2D eigenvalue weighted by Gasteiger charge is -2.15. The number of nitrogens with zero attached hydrogens (tertiary/aromatic N) is 3. The van der Waals surface area contributed by atoms with E-state index in [1.807, 2.05) is 34.6 Å². The highest BCUT2D eigenvalue weighted by Gasteiger charge is 2.34. The molecule has 0 aliphatic heterocycles. The first-order valence-electron chi connectivity index (χ1n) is 27.8. The zero-order valence-corrected chi connectivity index (χ0v) is 53.0. The van der Waals surface area contributed by atoms with Gasteiger partial charge in [0.05, 0.1) is 55.1 Å². The van der Waals surface area contributed by atoms with Crippen molar-refractivity contribution in [3.8, 4) is 11.5 Å². The maximum atomic E-state index is 13.2. The molecule has 0 aliphatic carbocycles. The number of halogens is 7. The van der Waals surface area contributed by atoms with Crippen LogP contribution in [0.1, 0.15) is 105 Å². The lowest BCUT2D eigenvalue weighted by Crippen LogP contribution is -2.28. The van der Waals surface area contributed by atoms with Crippen LogP contribution in [-0.4, -0.2) is 70.0 Å². The molecule has 0 amide bonds. The van der Waals surface area contributed by atoms with Gasteiger partial charge in [0.2, 0.25) is 12.4 Å². The fourth-order valence-electron chi connectivity index (χ4n) is 8.51. The highest BCUT2D eigenvalue weighted by molar-refractivity contribution is 7.93. The Hall–Kier alpha value is -9.70. The summed E-state index contributed by atoms with van der Waals surface area (Å²) in [5.41, 5.74) is -1.95. The van der Waals surface area contributed by atoms with Crippen LogP contribution in [0.3, 0.4) is 0 Å². The van der Waals surface area contributed by atoms with Gasteiger partial charge in [-0.1, -0.05) is 37.1 Å².